The lowest BCUT2D eigenvalue weighted by Gasteiger charge is -2.21. The van der Waals surface area contributed by atoms with Crippen molar-refractivity contribution in [1.29, 1.82) is 0 Å². The standard InChI is InChI=1S/C15H22N2O3/c1-2-20-14-7-5-12(6-8-14)16-15(19)10-17-9-3-4-13(17)11-18/h5-8,13,18H,2-4,9-11H2,1H3,(H,16,19). The van der Waals surface area contributed by atoms with E-state index in [1.165, 1.54) is 0 Å². The maximum Gasteiger partial charge on any atom is 0.238 e. The molecule has 1 fully saturated rings. The highest BCUT2D eigenvalue weighted by atomic mass is 16.5. The number of nitrogens with one attached hydrogen (secondary N) is 1. The van der Waals surface area contributed by atoms with Gasteiger partial charge in [0.05, 0.1) is 19.8 Å². The Morgan fingerprint density at radius 2 is 2.20 bits per heavy atom. The summed E-state index contributed by atoms with van der Waals surface area (Å²) in [4.78, 5) is 14.0. The highest BCUT2D eigenvalue weighted by Crippen LogP contribution is 2.18. The minimum atomic E-state index is -0.0468. The van der Waals surface area contributed by atoms with E-state index in [0.717, 1.165) is 30.8 Å². The van der Waals surface area contributed by atoms with Gasteiger partial charge in [-0.25, -0.2) is 0 Å². The number of ether oxygens (including phenoxy) is 1. The Hall–Kier alpha value is -1.59. The maximum atomic E-state index is 12.0. The topological polar surface area (TPSA) is 61.8 Å². The van der Waals surface area contributed by atoms with Crippen molar-refractivity contribution in [3.05, 3.63) is 24.3 Å². The smallest absolute Gasteiger partial charge is 0.238 e. The summed E-state index contributed by atoms with van der Waals surface area (Å²) in [6.45, 7) is 3.89. The molecule has 0 bridgehead atoms. The molecule has 20 heavy (non-hydrogen) atoms. The van der Waals surface area contributed by atoms with Crippen molar-refractivity contribution >= 4 is 11.6 Å². The van der Waals surface area contributed by atoms with Gasteiger partial charge in [0.25, 0.3) is 0 Å². The minimum absolute atomic E-state index is 0.0468. The Kier molecular flexibility index (Phi) is 5.38. The number of aliphatic hydroxyl groups is 1. The van der Waals surface area contributed by atoms with Crippen LogP contribution in [0.5, 0.6) is 5.75 Å². The molecule has 0 radical (unpaired) electrons. The molecule has 1 aliphatic heterocycles. The summed E-state index contributed by atoms with van der Waals surface area (Å²) in [5.41, 5.74) is 0.762. The van der Waals surface area contributed by atoms with Gasteiger partial charge in [-0.3, -0.25) is 9.69 Å². The number of likely N-dealkylation sites (tertiary alicyclic amines) is 1. The van der Waals surface area contributed by atoms with E-state index in [1.807, 2.05) is 36.1 Å². The van der Waals surface area contributed by atoms with Crippen LogP contribution < -0.4 is 10.1 Å². The Balaban J connectivity index is 1.84. The second-order valence-electron chi connectivity index (χ2n) is 4.95. The van der Waals surface area contributed by atoms with E-state index in [4.69, 9.17) is 4.74 Å². The van der Waals surface area contributed by atoms with Crippen LogP contribution in [0.1, 0.15) is 19.8 Å². The first kappa shape index (κ1) is 14.8. The van der Waals surface area contributed by atoms with Gasteiger partial charge in [-0.05, 0) is 50.6 Å². The molecule has 1 amide bonds. The molecule has 0 aliphatic carbocycles. The van der Waals surface area contributed by atoms with Crippen LogP contribution >= 0.6 is 0 Å². The molecule has 5 heteroatoms. The fourth-order valence-electron chi connectivity index (χ4n) is 2.50. The fraction of sp³-hybridized carbons (Fsp3) is 0.533. The lowest BCUT2D eigenvalue weighted by atomic mass is 10.2. The second kappa shape index (κ2) is 7.26. The van der Waals surface area contributed by atoms with Crippen LogP contribution in [-0.2, 0) is 4.79 Å². The van der Waals surface area contributed by atoms with Crippen molar-refractivity contribution in [2.45, 2.75) is 25.8 Å². The number of hydrogen-bond donors (Lipinski definition) is 2. The highest BCUT2D eigenvalue weighted by molar-refractivity contribution is 5.92. The summed E-state index contributed by atoms with van der Waals surface area (Å²) in [6, 6.07) is 7.46. The quantitative estimate of drug-likeness (QED) is 0.827. The Morgan fingerprint density at radius 3 is 2.85 bits per heavy atom. The predicted molar refractivity (Wildman–Crippen MR) is 77.9 cm³/mol. The summed E-state index contributed by atoms with van der Waals surface area (Å²) in [7, 11) is 0. The Labute approximate surface area is 119 Å². The van der Waals surface area contributed by atoms with Gasteiger partial charge in [0.2, 0.25) is 5.91 Å². The fourth-order valence-corrected chi connectivity index (χ4v) is 2.50. The van der Waals surface area contributed by atoms with E-state index in [2.05, 4.69) is 5.32 Å². The minimum Gasteiger partial charge on any atom is -0.494 e. The number of rotatable bonds is 6. The van der Waals surface area contributed by atoms with Gasteiger partial charge >= 0.3 is 0 Å². The van der Waals surface area contributed by atoms with E-state index in [-0.39, 0.29) is 18.6 Å². The van der Waals surface area contributed by atoms with Gasteiger partial charge in [-0.15, -0.1) is 0 Å². The molecule has 1 atom stereocenters. The number of hydrogen-bond acceptors (Lipinski definition) is 4. The average molecular weight is 278 g/mol. The van der Waals surface area contributed by atoms with Gasteiger partial charge in [0.15, 0.2) is 0 Å². The lowest BCUT2D eigenvalue weighted by molar-refractivity contribution is -0.117. The van der Waals surface area contributed by atoms with Gasteiger partial charge in [0, 0.05) is 11.7 Å². The number of carbonyl (C=O) groups excluding carboxylic acids is 1. The predicted octanol–water partition coefficient (Wildman–Crippen LogP) is 1.48. The van der Waals surface area contributed by atoms with Crippen LogP contribution in [0, 0.1) is 0 Å². The third-order valence-corrected chi connectivity index (χ3v) is 3.51. The largest absolute Gasteiger partial charge is 0.494 e. The third-order valence-electron chi connectivity index (χ3n) is 3.51. The SMILES string of the molecule is CCOc1ccc(NC(=O)CN2CCCC2CO)cc1. The van der Waals surface area contributed by atoms with Crippen molar-refractivity contribution in [2.24, 2.45) is 0 Å². The number of aliphatic hydroxyl groups excluding tert-OH is 1. The lowest BCUT2D eigenvalue weighted by Crippen LogP contribution is -2.38. The normalized spacial score (nSPS) is 19.0. The van der Waals surface area contributed by atoms with Crippen molar-refractivity contribution in [3.8, 4) is 5.75 Å². The molecule has 1 saturated heterocycles. The average Bonchev–Trinajstić information content (AvgIpc) is 2.88. The molecule has 1 unspecified atom stereocenters. The number of carbonyl (C=O) groups is 1. The van der Waals surface area contributed by atoms with E-state index in [1.54, 1.807) is 0 Å². The van der Waals surface area contributed by atoms with E-state index in [0.29, 0.717) is 13.2 Å². The van der Waals surface area contributed by atoms with Gasteiger partial charge < -0.3 is 15.2 Å². The first-order valence-electron chi connectivity index (χ1n) is 7.10. The van der Waals surface area contributed by atoms with Crippen LogP contribution in [0.2, 0.25) is 0 Å². The molecule has 0 spiro atoms. The second-order valence-corrected chi connectivity index (χ2v) is 4.95. The monoisotopic (exact) mass is 278 g/mol. The van der Waals surface area contributed by atoms with Crippen molar-refractivity contribution in [1.82, 2.24) is 4.90 Å². The first-order chi connectivity index (χ1) is 9.72. The molecule has 1 aromatic carbocycles. The van der Waals surface area contributed by atoms with Crippen LogP contribution in [0.4, 0.5) is 5.69 Å². The Bertz CT molecular complexity index is 433. The molecular weight excluding hydrogens is 256 g/mol. The van der Waals surface area contributed by atoms with Crippen LogP contribution in [0.25, 0.3) is 0 Å². The number of amides is 1. The van der Waals surface area contributed by atoms with Crippen molar-refractivity contribution in [3.63, 3.8) is 0 Å². The third kappa shape index (κ3) is 3.95. The van der Waals surface area contributed by atoms with Gasteiger partial charge in [0.1, 0.15) is 5.75 Å². The molecule has 110 valence electrons. The molecule has 2 N–H and O–H groups in total. The van der Waals surface area contributed by atoms with Crippen LogP contribution in [0.15, 0.2) is 24.3 Å². The Morgan fingerprint density at radius 1 is 1.45 bits per heavy atom. The zero-order valence-corrected chi connectivity index (χ0v) is 11.8. The molecule has 0 aromatic heterocycles. The van der Waals surface area contributed by atoms with E-state index >= 15 is 0 Å². The molecule has 1 heterocycles. The zero-order chi connectivity index (χ0) is 14.4. The molecular formula is C15H22N2O3. The molecule has 2 rings (SSSR count). The van der Waals surface area contributed by atoms with Gasteiger partial charge in [-0.2, -0.15) is 0 Å². The summed E-state index contributed by atoms with van der Waals surface area (Å²) in [5, 5.41) is 12.1. The number of nitrogens with zero attached hydrogens (tertiary/aromatic N) is 1. The van der Waals surface area contributed by atoms with E-state index in [9.17, 15) is 9.90 Å². The molecule has 1 aliphatic rings. The molecule has 0 saturated carbocycles. The van der Waals surface area contributed by atoms with E-state index < -0.39 is 0 Å². The first-order valence-corrected chi connectivity index (χ1v) is 7.10. The summed E-state index contributed by atoms with van der Waals surface area (Å²) in [6.07, 6.45) is 2.01. The number of anilines is 1. The zero-order valence-electron chi connectivity index (χ0n) is 11.8. The van der Waals surface area contributed by atoms with Crippen LogP contribution in [-0.4, -0.2) is 48.3 Å². The maximum absolute atomic E-state index is 12.0. The van der Waals surface area contributed by atoms with Crippen LogP contribution in [0.3, 0.4) is 0 Å². The summed E-state index contributed by atoms with van der Waals surface area (Å²) < 4.78 is 5.35. The molecule has 1 aromatic rings. The summed E-state index contributed by atoms with van der Waals surface area (Å²) in [5.74, 6) is 0.750. The van der Waals surface area contributed by atoms with Crippen molar-refractivity contribution in [2.75, 3.05) is 31.6 Å². The van der Waals surface area contributed by atoms with Gasteiger partial charge in [-0.1, -0.05) is 0 Å². The highest BCUT2D eigenvalue weighted by Gasteiger charge is 2.25. The summed E-state index contributed by atoms with van der Waals surface area (Å²) >= 11 is 0. The van der Waals surface area contributed by atoms with Crippen molar-refractivity contribution < 1.29 is 14.6 Å². The molecule has 5 nitrogen and oxygen atoms in total. The number of benzene rings is 1.